The minimum absolute atomic E-state index is 0.154. The number of nitrogens with zero attached hydrogens (tertiary/aromatic N) is 1. The van der Waals surface area contributed by atoms with Crippen molar-refractivity contribution in [2.75, 3.05) is 11.9 Å². The quantitative estimate of drug-likeness (QED) is 0.835. The van der Waals surface area contributed by atoms with Crippen molar-refractivity contribution < 1.29 is 23.9 Å². The van der Waals surface area contributed by atoms with E-state index in [4.69, 9.17) is 14.0 Å². The van der Waals surface area contributed by atoms with Gasteiger partial charge in [0.15, 0.2) is 6.61 Å². The number of aromatic nitrogens is 1. The summed E-state index contributed by atoms with van der Waals surface area (Å²) >= 11 is 0. The lowest BCUT2D eigenvalue weighted by molar-refractivity contribution is -0.118. The van der Waals surface area contributed by atoms with Crippen LogP contribution in [0.1, 0.15) is 31.4 Å². The van der Waals surface area contributed by atoms with Crippen molar-refractivity contribution in [1.29, 1.82) is 0 Å². The Hall–Kier alpha value is -2.54. The van der Waals surface area contributed by atoms with E-state index < -0.39 is 6.10 Å². The molecule has 1 aliphatic carbocycles. The topological polar surface area (TPSA) is 93.8 Å². The average Bonchev–Trinajstić information content (AvgIpc) is 3.02. The summed E-state index contributed by atoms with van der Waals surface area (Å²) in [6.45, 7) is 1.59. The number of ether oxygens (including phenoxy) is 2. The summed E-state index contributed by atoms with van der Waals surface area (Å²) in [7, 11) is 0. The third-order valence-electron chi connectivity index (χ3n) is 4.05. The molecule has 1 aromatic heterocycles. The van der Waals surface area contributed by atoms with Gasteiger partial charge in [-0.2, -0.15) is 0 Å². The molecule has 0 spiro atoms. The zero-order chi connectivity index (χ0) is 17.6. The molecule has 1 heterocycles. The first-order valence-electron chi connectivity index (χ1n) is 8.41. The van der Waals surface area contributed by atoms with Gasteiger partial charge < -0.3 is 24.4 Å². The van der Waals surface area contributed by atoms with Crippen LogP contribution in [0, 0.1) is 6.92 Å². The Morgan fingerprint density at radius 2 is 2.08 bits per heavy atom. The lowest BCUT2D eigenvalue weighted by Gasteiger charge is -2.28. The molecule has 0 aliphatic heterocycles. The number of aliphatic hydroxyl groups is 1. The Morgan fingerprint density at radius 3 is 2.76 bits per heavy atom. The van der Waals surface area contributed by atoms with Crippen LogP contribution >= 0.6 is 0 Å². The van der Waals surface area contributed by atoms with Gasteiger partial charge in [-0.05, 0) is 55.6 Å². The Bertz CT molecular complexity index is 698. The SMILES string of the molecule is Cc1cc(OCC(=O)Nc2ccc(O[C@H]3CCCC[C@H]3O)cc2)no1. The third kappa shape index (κ3) is 4.96. The molecule has 134 valence electrons. The highest BCUT2D eigenvalue weighted by Gasteiger charge is 2.24. The summed E-state index contributed by atoms with van der Waals surface area (Å²) in [6, 6.07) is 8.67. The van der Waals surface area contributed by atoms with E-state index in [1.54, 1.807) is 37.3 Å². The van der Waals surface area contributed by atoms with Gasteiger partial charge in [0.2, 0.25) is 0 Å². The maximum absolute atomic E-state index is 11.9. The highest BCUT2D eigenvalue weighted by atomic mass is 16.5. The van der Waals surface area contributed by atoms with E-state index in [1.165, 1.54) is 0 Å². The molecule has 1 aliphatic rings. The summed E-state index contributed by atoms with van der Waals surface area (Å²) in [5.74, 6) is 1.28. The average molecular weight is 346 g/mol. The molecule has 1 fully saturated rings. The molecule has 25 heavy (non-hydrogen) atoms. The van der Waals surface area contributed by atoms with Crippen LogP contribution in [0.15, 0.2) is 34.9 Å². The van der Waals surface area contributed by atoms with Crippen LogP contribution in [0.4, 0.5) is 5.69 Å². The molecule has 3 rings (SSSR count). The van der Waals surface area contributed by atoms with E-state index >= 15 is 0 Å². The third-order valence-corrected chi connectivity index (χ3v) is 4.05. The van der Waals surface area contributed by atoms with Crippen LogP contribution in [0.25, 0.3) is 0 Å². The lowest BCUT2D eigenvalue weighted by atomic mass is 9.95. The first-order valence-corrected chi connectivity index (χ1v) is 8.41. The van der Waals surface area contributed by atoms with Crippen molar-refractivity contribution in [2.45, 2.75) is 44.8 Å². The standard InChI is InChI=1S/C18H22N2O5/c1-12-10-18(20-25-12)23-11-17(22)19-13-6-8-14(9-7-13)24-16-5-3-2-4-15(16)21/h6-10,15-16,21H,2-5,11H2,1H3,(H,19,22)/t15-,16+/m1/s1. The fourth-order valence-corrected chi connectivity index (χ4v) is 2.75. The van der Waals surface area contributed by atoms with Gasteiger partial charge in [0.05, 0.1) is 6.10 Å². The maximum atomic E-state index is 11.9. The Labute approximate surface area is 145 Å². The predicted molar refractivity (Wildman–Crippen MR) is 90.7 cm³/mol. The number of benzene rings is 1. The molecule has 0 radical (unpaired) electrons. The zero-order valence-corrected chi connectivity index (χ0v) is 14.1. The smallest absolute Gasteiger partial charge is 0.262 e. The van der Waals surface area contributed by atoms with Crippen LogP contribution in [0.3, 0.4) is 0 Å². The summed E-state index contributed by atoms with van der Waals surface area (Å²) < 4.78 is 15.9. The number of hydrogen-bond donors (Lipinski definition) is 2. The molecule has 0 bridgehead atoms. The molecule has 0 saturated heterocycles. The van der Waals surface area contributed by atoms with Crippen LogP contribution < -0.4 is 14.8 Å². The molecule has 7 heteroatoms. The fraction of sp³-hybridized carbons (Fsp3) is 0.444. The van der Waals surface area contributed by atoms with Gasteiger partial charge in [-0.25, -0.2) is 0 Å². The van der Waals surface area contributed by atoms with Crippen LogP contribution in [0.5, 0.6) is 11.6 Å². The monoisotopic (exact) mass is 346 g/mol. The zero-order valence-electron chi connectivity index (χ0n) is 14.1. The predicted octanol–water partition coefficient (Wildman–Crippen LogP) is 2.68. The van der Waals surface area contributed by atoms with Crippen LogP contribution in [-0.4, -0.2) is 35.0 Å². The van der Waals surface area contributed by atoms with Crippen molar-refractivity contribution in [3.05, 3.63) is 36.1 Å². The van der Waals surface area contributed by atoms with Gasteiger partial charge in [-0.1, -0.05) is 6.42 Å². The summed E-state index contributed by atoms with van der Waals surface area (Å²) in [6.07, 6.45) is 3.18. The first-order chi connectivity index (χ1) is 12.1. The van der Waals surface area contributed by atoms with Crippen LogP contribution in [-0.2, 0) is 4.79 Å². The number of aryl methyl sites for hydroxylation is 1. The fourth-order valence-electron chi connectivity index (χ4n) is 2.75. The Kier molecular flexibility index (Phi) is 5.55. The number of aliphatic hydroxyl groups excluding tert-OH is 1. The Morgan fingerprint density at radius 1 is 1.32 bits per heavy atom. The van der Waals surface area contributed by atoms with Crippen molar-refractivity contribution >= 4 is 11.6 Å². The normalized spacial score (nSPS) is 20.1. The largest absolute Gasteiger partial charge is 0.488 e. The molecule has 1 aromatic carbocycles. The van der Waals surface area contributed by atoms with Gasteiger partial charge >= 0.3 is 0 Å². The van der Waals surface area contributed by atoms with Crippen molar-refractivity contribution in [3.63, 3.8) is 0 Å². The number of nitrogens with one attached hydrogen (secondary N) is 1. The molecular weight excluding hydrogens is 324 g/mol. The molecule has 2 N–H and O–H groups in total. The van der Waals surface area contributed by atoms with Crippen molar-refractivity contribution in [1.82, 2.24) is 5.16 Å². The van der Waals surface area contributed by atoms with Gasteiger partial charge in [0, 0.05) is 11.8 Å². The maximum Gasteiger partial charge on any atom is 0.262 e. The minimum atomic E-state index is -0.412. The van der Waals surface area contributed by atoms with Crippen molar-refractivity contribution in [2.24, 2.45) is 0 Å². The van der Waals surface area contributed by atoms with Gasteiger partial charge in [-0.15, -0.1) is 0 Å². The molecule has 2 atom stereocenters. The second kappa shape index (κ2) is 8.02. The van der Waals surface area contributed by atoms with E-state index in [-0.39, 0.29) is 24.5 Å². The molecule has 1 amide bonds. The summed E-state index contributed by atoms with van der Waals surface area (Å²) in [5, 5.41) is 16.3. The van der Waals surface area contributed by atoms with Gasteiger partial charge in [0.1, 0.15) is 17.6 Å². The second-order valence-corrected chi connectivity index (χ2v) is 6.15. The van der Waals surface area contributed by atoms with Gasteiger partial charge in [-0.3, -0.25) is 4.79 Å². The number of carbonyl (C=O) groups is 1. The van der Waals surface area contributed by atoms with Crippen LogP contribution in [0.2, 0.25) is 0 Å². The van der Waals surface area contributed by atoms with E-state index in [1.807, 2.05) is 0 Å². The van der Waals surface area contributed by atoms with E-state index in [9.17, 15) is 9.90 Å². The summed E-state index contributed by atoms with van der Waals surface area (Å²) in [4.78, 5) is 11.9. The summed E-state index contributed by atoms with van der Waals surface area (Å²) in [5.41, 5.74) is 0.640. The lowest BCUT2D eigenvalue weighted by Crippen LogP contribution is -2.34. The molecule has 1 saturated carbocycles. The van der Waals surface area contributed by atoms with E-state index in [0.29, 0.717) is 17.2 Å². The molecule has 0 unspecified atom stereocenters. The van der Waals surface area contributed by atoms with Gasteiger partial charge in [0.25, 0.3) is 11.8 Å². The van der Waals surface area contributed by atoms with E-state index in [2.05, 4.69) is 10.5 Å². The van der Waals surface area contributed by atoms with E-state index in [0.717, 1.165) is 25.7 Å². The number of rotatable bonds is 6. The highest BCUT2D eigenvalue weighted by molar-refractivity contribution is 5.91. The molecule has 7 nitrogen and oxygen atoms in total. The number of amides is 1. The second-order valence-electron chi connectivity index (χ2n) is 6.15. The van der Waals surface area contributed by atoms with Crippen molar-refractivity contribution in [3.8, 4) is 11.6 Å². The number of carbonyl (C=O) groups excluding carboxylic acids is 1. The molecular formula is C18H22N2O5. The molecule has 2 aromatic rings. The number of hydrogen-bond acceptors (Lipinski definition) is 6. The Balaban J connectivity index is 1.47. The first kappa shape index (κ1) is 17.3. The number of anilines is 1. The highest BCUT2D eigenvalue weighted by Crippen LogP contribution is 2.24. The minimum Gasteiger partial charge on any atom is -0.488 e.